The zero-order chi connectivity index (χ0) is 19.8. The van der Waals surface area contributed by atoms with Crippen LogP contribution in [0.2, 0.25) is 0 Å². The summed E-state index contributed by atoms with van der Waals surface area (Å²) in [5.41, 5.74) is 12.4. The van der Waals surface area contributed by atoms with Gasteiger partial charge in [-0.1, -0.05) is 18.2 Å². The van der Waals surface area contributed by atoms with E-state index in [9.17, 15) is 14.4 Å². The third kappa shape index (κ3) is 6.35. The molecular weight excluding hydrogens is 350 g/mol. The van der Waals surface area contributed by atoms with E-state index in [2.05, 4.69) is 15.6 Å². The van der Waals surface area contributed by atoms with Gasteiger partial charge in [0.15, 0.2) is 0 Å². The van der Waals surface area contributed by atoms with Crippen molar-refractivity contribution < 1.29 is 19.5 Å². The molecule has 2 rings (SSSR count). The maximum Gasteiger partial charge on any atom is 0.328 e. The van der Waals surface area contributed by atoms with Gasteiger partial charge in [0.25, 0.3) is 5.91 Å². The van der Waals surface area contributed by atoms with E-state index in [0.717, 1.165) is 6.08 Å². The van der Waals surface area contributed by atoms with Crippen LogP contribution in [0.5, 0.6) is 0 Å². The third-order valence-corrected chi connectivity index (χ3v) is 3.20. The van der Waals surface area contributed by atoms with Crippen LogP contribution in [0.3, 0.4) is 0 Å². The van der Waals surface area contributed by atoms with Crippen LogP contribution >= 0.6 is 0 Å². The van der Waals surface area contributed by atoms with E-state index >= 15 is 0 Å². The molecule has 0 heterocycles. The van der Waals surface area contributed by atoms with Crippen LogP contribution in [0.4, 0.5) is 16.2 Å². The van der Waals surface area contributed by atoms with Crippen LogP contribution in [-0.4, -0.2) is 29.0 Å². The smallest absolute Gasteiger partial charge is 0.328 e. The highest BCUT2D eigenvalue weighted by molar-refractivity contribution is 6.05. The lowest BCUT2D eigenvalue weighted by molar-refractivity contribution is -0.131. The number of guanidine groups is 1. The number of benzene rings is 2. The SMILES string of the molecule is NC(=O)NC(N)=Nc1cccc(C(=O)Nc2ccc(/C=C/C(=O)O)cc2)c1. The molecule has 2 aromatic carbocycles. The summed E-state index contributed by atoms with van der Waals surface area (Å²) >= 11 is 0. The van der Waals surface area contributed by atoms with Gasteiger partial charge >= 0.3 is 12.0 Å². The lowest BCUT2D eigenvalue weighted by atomic mass is 10.1. The van der Waals surface area contributed by atoms with Crippen molar-refractivity contribution in [3.05, 3.63) is 65.7 Å². The number of aliphatic carboxylic acids is 1. The lowest BCUT2D eigenvalue weighted by Gasteiger charge is -2.07. The standard InChI is InChI=1S/C18H17N5O4/c19-17(23-18(20)27)22-14-3-1-2-12(10-14)16(26)21-13-7-4-11(5-8-13)6-9-15(24)25/h1-10H,(H,21,26)(H,24,25)(H5,19,20,22,23,27)/b9-6+. The fraction of sp³-hybridized carbons (Fsp3) is 0. The Kier molecular flexibility index (Phi) is 6.26. The average Bonchev–Trinajstić information content (AvgIpc) is 2.60. The molecule has 27 heavy (non-hydrogen) atoms. The maximum absolute atomic E-state index is 12.4. The summed E-state index contributed by atoms with van der Waals surface area (Å²) in [6, 6.07) is 12.1. The first kappa shape index (κ1) is 19.2. The first-order chi connectivity index (χ1) is 12.8. The highest BCUT2D eigenvalue weighted by atomic mass is 16.4. The predicted molar refractivity (Wildman–Crippen MR) is 102 cm³/mol. The number of nitrogens with zero attached hydrogens (tertiary/aromatic N) is 1. The van der Waals surface area contributed by atoms with E-state index in [4.69, 9.17) is 16.6 Å². The molecule has 0 spiro atoms. The van der Waals surface area contributed by atoms with E-state index in [1.54, 1.807) is 42.5 Å². The van der Waals surface area contributed by atoms with Crippen molar-refractivity contribution in [1.82, 2.24) is 5.32 Å². The quantitative estimate of drug-likeness (QED) is 0.308. The molecular formula is C18H17N5O4. The molecule has 0 aliphatic heterocycles. The minimum absolute atomic E-state index is 0.190. The Morgan fingerprint density at radius 3 is 2.37 bits per heavy atom. The Morgan fingerprint density at radius 1 is 1.04 bits per heavy atom. The Hall–Kier alpha value is -4.14. The molecule has 7 N–H and O–H groups in total. The van der Waals surface area contributed by atoms with Crippen molar-refractivity contribution in [2.75, 3.05) is 5.32 Å². The molecule has 0 aromatic heterocycles. The van der Waals surface area contributed by atoms with Gasteiger partial charge < -0.3 is 21.9 Å². The Morgan fingerprint density at radius 2 is 1.74 bits per heavy atom. The summed E-state index contributed by atoms with van der Waals surface area (Å²) in [5.74, 6) is -1.60. The van der Waals surface area contributed by atoms with Crippen LogP contribution in [0.25, 0.3) is 6.08 Å². The van der Waals surface area contributed by atoms with Crippen LogP contribution in [0.1, 0.15) is 15.9 Å². The largest absolute Gasteiger partial charge is 0.478 e. The average molecular weight is 367 g/mol. The normalized spacial score (nSPS) is 11.2. The van der Waals surface area contributed by atoms with Gasteiger partial charge in [-0.2, -0.15) is 0 Å². The summed E-state index contributed by atoms with van der Waals surface area (Å²) in [4.78, 5) is 37.5. The summed E-state index contributed by atoms with van der Waals surface area (Å²) in [6.45, 7) is 0. The number of carboxylic acid groups (broad SMARTS) is 1. The Bertz CT molecular complexity index is 920. The fourth-order valence-corrected chi connectivity index (χ4v) is 2.06. The number of hydrogen-bond donors (Lipinski definition) is 5. The van der Waals surface area contributed by atoms with Gasteiger partial charge in [-0.15, -0.1) is 0 Å². The molecule has 2 aromatic rings. The summed E-state index contributed by atoms with van der Waals surface area (Å²) < 4.78 is 0. The lowest BCUT2D eigenvalue weighted by Crippen LogP contribution is -2.39. The molecule has 9 heteroatoms. The van der Waals surface area contributed by atoms with Crippen LogP contribution in [0.15, 0.2) is 59.6 Å². The number of nitrogens with two attached hydrogens (primary N) is 2. The van der Waals surface area contributed by atoms with E-state index in [-0.39, 0.29) is 11.9 Å². The second-order valence-electron chi connectivity index (χ2n) is 5.28. The fourth-order valence-electron chi connectivity index (χ4n) is 2.06. The molecule has 138 valence electrons. The van der Waals surface area contributed by atoms with Crippen LogP contribution < -0.4 is 22.1 Å². The molecule has 0 unspecified atom stereocenters. The van der Waals surface area contributed by atoms with Crippen molar-refractivity contribution in [3.63, 3.8) is 0 Å². The van der Waals surface area contributed by atoms with E-state index in [1.165, 1.54) is 12.1 Å². The number of rotatable bonds is 5. The number of urea groups is 1. The molecule has 9 nitrogen and oxygen atoms in total. The number of amides is 3. The number of carbonyl (C=O) groups excluding carboxylic acids is 2. The highest BCUT2D eigenvalue weighted by Gasteiger charge is 2.07. The van der Waals surface area contributed by atoms with Gasteiger partial charge in [0.2, 0.25) is 5.96 Å². The second kappa shape index (κ2) is 8.81. The van der Waals surface area contributed by atoms with Gasteiger partial charge in [-0.25, -0.2) is 14.6 Å². The van der Waals surface area contributed by atoms with Gasteiger partial charge in [-0.05, 0) is 42.0 Å². The van der Waals surface area contributed by atoms with E-state index in [0.29, 0.717) is 22.5 Å². The van der Waals surface area contributed by atoms with Crippen LogP contribution in [0, 0.1) is 0 Å². The van der Waals surface area contributed by atoms with Crippen molar-refractivity contribution >= 4 is 41.3 Å². The molecule has 3 amide bonds. The molecule has 0 saturated carbocycles. The Balaban J connectivity index is 2.09. The maximum atomic E-state index is 12.4. The molecule has 0 aliphatic carbocycles. The second-order valence-corrected chi connectivity index (χ2v) is 5.28. The summed E-state index contributed by atoms with van der Waals surface area (Å²) in [7, 11) is 0. The van der Waals surface area contributed by atoms with Gasteiger partial charge in [0.1, 0.15) is 0 Å². The molecule has 0 aliphatic rings. The van der Waals surface area contributed by atoms with Crippen molar-refractivity contribution in [2.24, 2.45) is 16.5 Å². The zero-order valence-corrected chi connectivity index (χ0v) is 14.0. The van der Waals surface area contributed by atoms with Gasteiger partial charge in [-0.3, -0.25) is 10.1 Å². The van der Waals surface area contributed by atoms with Crippen molar-refractivity contribution in [2.45, 2.75) is 0 Å². The highest BCUT2D eigenvalue weighted by Crippen LogP contribution is 2.16. The summed E-state index contributed by atoms with van der Waals surface area (Å²) in [5, 5.41) is 13.4. The minimum atomic E-state index is -1.04. The van der Waals surface area contributed by atoms with Crippen molar-refractivity contribution in [3.8, 4) is 0 Å². The number of primary amides is 1. The number of carbonyl (C=O) groups is 3. The van der Waals surface area contributed by atoms with E-state index in [1.807, 2.05) is 0 Å². The summed E-state index contributed by atoms with van der Waals surface area (Å²) in [6.07, 6.45) is 2.47. The topological polar surface area (TPSA) is 160 Å². The van der Waals surface area contributed by atoms with Gasteiger partial charge in [0, 0.05) is 17.3 Å². The van der Waals surface area contributed by atoms with Gasteiger partial charge in [0.05, 0.1) is 5.69 Å². The third-order valence-electron chi connectivity index (χ3n) is 3.20. The number of anilines is 1. The molecule has 0 fully saturated rings. The molecule has 0 radical (unpaired) electrons. The number of aliphatic imine (C=N–C) groups is 1. The number of carboxylic acids is 1. The monoisotopic (exact) mass is 367 g/mol. The van der Waals surface area contributed by atoms with Crippen molar-refractivity contribution in [1.29, 1.82) is 0 Å². The first-order valence-electron chi connectivity index (χ1n) is 7.66. The number of nitrogens with one attached hydrogen (secondary N) is 2. The first-order valence-corrected chi connectivity index (χ1v) is 7.66. The minimum Gasteiger partial charge on any atom is -0.478 e. The molecule has 0 saturated heterocycles. The van der Waals surface area contributed by atoms with Crippen LogP contribution in [-0.2, 0) is 4.79 Å². The van der Waals surface area contributed by atoms with E-state index < -0.39 is 12.0 Å². The Labute approximate surface area is 154 Å². The predicted octanol–water partition coefficient (Wildman–Crippen LogP) is 1.65. The zero-order valence-electron chi connectivity index (χ0n) is 14.0. The molecule has 0 atom stereocenters. The molecule has 0 bridgehead atoms. The number of hydrogen-bond acceptors (Lipinski definition) is 4.